The zero-order chi connectivity index (χ0) is 29.8. The van der Waals surface area contributed by atoms with E-state index in [4.69, 9.17) is 51.7 Å². The molecule has 3 aliphatic rings. The number of thiazole rings is 1. The largest absolute Gasteiger partial charge is 0.489 e. The number of fused-ring (bicyclic) bond motifs is 2. The smallest absolute Gasteiger partial charge is 0.335 e. The SMILES string of the molecule is CC(C)Oc1cc(C(=O)O)cc2sc(N[C@@H]3CO[C@H]4[C@@H]3OC[C@H]4OCc3c(-c4c(Cl)cccc4Cl)noc3C3CC3)nc12. The van der Waals surface area contributed by atoms with Gasteiger partial charge in [0.1, 0.15) is 41.0 Å². The predicted octanol–water partition coefficient (Wildman–Crippen LogP) is 6.78. The summed E-state index contributed by atoms with van der Waals surface area (Å²) in [7, 11) is 0. The minimum atomic E-state index is -1.02. The molecular formula is C30H29Cl2N3O7S. The highest BCUT2D eigenvalue weighted by Crippen LogP contribution is 2.46. The Labute approximate surface area is 261 Å². The molecule has 0 amide bonds. The molecule has 3 fully saturated rings. The molecule has 0 unspecified atom stereocenters. The van der Waals surface area contributed by atoms with Gasteiger partial charge in [-0.3, -0.25) is 0 Å². The van der Waals surface area contributed by atoms with E-state index in [-0.39, 0.29) is 42.6 Å². The van der Waals surface area contributed by atoms with Crippen LogP contribution in [-0.4, -0.2) is 64.9 Å². The van der Waals surface area contributed by atoms with Gasteiger partial charge >= 0.3 is 5.97 Å². The quantitative estimate of drug-likeness (QED) is 0.190. The molecule has 13 heteroatoms. The molecule has 10 nitrogen and oxygen atoms in total. The normalized spacial score (nSPS) is 23.3. The molecule has 4 heterocycles. The Morgan fingerprint density at radius 2 is 1.93 bits per heavy atom. The number of anilines is 1. The van der Waals surface area contributed by atoms with Crippen LogP contribution in [-0.2, 0) is 20.8 Å². The lowest BCUT2D eigenvalue weighted by atomic mass is 10.0. The van der Waals surface area contributed by atoms with E-state index in [0.29, 0.717) is 56.8 Å². The maximum absolute atomic E-state index is 11.7. The Balaban J connectivity index is 1.06. The number of aromatic nitrogens is 2. The molecular weight excluding hydrogens is 617 g/mol. The third-order valence-corrected chi connectivity index (χ3v) is 9.36. The van der Waals surface area contributed by atoms with Crippen molar-refractivity contribution in [1.82, 2.24) is 10.1 Å². The molecule has 1 aliphatic carbocycles. The van der Waals surface area contributed by atoms with Gasteiger partial charge < -0.3 is 33.9 Å². The van der Waals surface area contributed by atoms with Crippen LogP contribution in [0.1, 0.15) is 54.3 Å². The first kappa shape index (κ1) is 28.8. The zero-order valence-electron chi connectivity index (χ0n) is 23.3. The van der Waals surface area contributed by atoms with Crippen LogP contribution in [0.4, 0.5) is 5.13 Å². The van der Waals surface area contributed by atoms with Crippen molar-refractivity contribution in [2.24, 2.45) is 0 Å². The van der Waals surface area contributed by atoms with E-state index in [2.05, 4.69) is 10.5 Å². The predicted molar refractivity (Wildman–Crippen MR) is 162 cm³/mol. The minimum absolute atomic E-state index is 0.130. The maximum atomic E-state index is 11.7. The van der Waals surface area contributed by atoms with E-state index in [9.17, 15) is 9.90 Å². The maximum Gasteiger partial charge on any atom is 0.335 e. The van der Waals surface area contributed by atoms with Gasteiger partial charge in [-0.1, -0.05) is 45.8 Å². The van der Waals surface area contributed by atoms with Crippen LogP contribution in [0.3, 0.4) is 0 Å². The number of ether oxygens (including phenoxy) is 4. The Bertz CT molecular complexity index is 1670. The average Bonchev–Trinajstić information content (AvgIpc) is 3.26. The summed E-state index contributed by atoms with van der Waals surface area (Å²) in [6.45, 7) is 4.81. The van der Waals surface area contributed by atoms with Crippen molar-refractivity contribution in [1.29, 1.82) is 0 Å². The van der Waals surface area contributed by atoms with Crippen molar-refractivity contribution in [3.8, 4) is 17.0 Å². The van der Waals surface area contributed by atoms with Crippen molar-refractivity contribution in [2.45, 2.75) is 69.7 Å². The molecule has 2 aromatic carbocycles. The molecule has 2 aromatic heterocycles. The van der Waals surface area contributed by atoms with Crippen molar-refractivity contribution < 1.29 is 33.4 Å². The lowest BCUT2D eigenvalue weighted by Crippen LogP contribution is -2.36. The molecule has 0 spiro atoms. The van der Waals surface area contributed by atoms with E-state index in [0.717, 1.165) is 28.9 Å². The first-order valence-corrected chi connectivity index (χ1v) is 15.7. The Hall–Kier alpha value is -2.93. The molecule has 4 aromatic rings. The summed E-state index contributed by atoms with van der Waals surface area (Å²) >= 11 is 14.4. The number of halogens is 2. The fourth-order valence-electron chi connectivity index (χ4n) is 5.66. The third kappa shape index (κ3) is 5.58. The third-order valence-electron chi connectivity index (χ3n) is 7.79. The van der Waals surface area contributed by atoms with Gasteiger partial charge in [0.15, 0.2) is 5.13 Å². The molecule has 2 aliphatic heterocycles. The number of carbonyl (C=O) groups is 1. The van der Waals surface area contributed by atoms with Crippen LogP contribution in [0.5, 0.6) is 5.75 Å². The molecule has 2 N–H and O–H groups in total. The summed E-state index contributed by atoms with van der Waals surface area (Å²) in [5.41, 5.74) is 2.85. The molecule has 0 radical (unpaired) electrons. The summed E-state index contributed by atoms with van der Waals surface area (Å²) in [6, 6.07) is 8.32. The highest BCUT2D eigenvalue weighted by Gasteiger charge is 2.49. The molecule has 7 rings (SSSR count). The summed E-state index contributed by atoms with van der Waals surface area (Å²) in [6.07, 6.45) is 1.13. The fraction of sp³-hybridized carbons (Fsp3) is 0.433. The van der Waals surface area contributed by atoms with Crippen molar-refractivity contribution in [2.75, 3.05) is 18.5 Å². The van der Waals surface area contributed by atoms with Crippen molar-refractivity contribution >= 4 is 55.9 Å². The van der Waals surface area contributed by atoms with Gasteiger partial charge in [0.25, 0.3) is 0 Å². The lowest BCUT2D eigenvalue weighted by molar-refractivity contribution is -0.0390. The number of carboxylic acids is 1. The van der Waals surface area contributed by atoms with Crippen LogP contribution in [0.25, 0.3) is 21.5 Å². The molecule has 1 saturated carbocycles. The summed E-state index contributed by atoms with van der Waals surface area (Å²) < 4.78 is 31.1. The van der Waals surface area contributed by atoms with Crippen LogP contribution >= 0.6 is 34.5 Å². The first-order valence-electron chi connectivity index (χ1n) is 14.2. The van der Waals surface area contributed by atoms with E-state index >= 15 is 0 Å². The Kier molecular flexibility index (Phi) is 7.73. The number of nitrogens with zero attached hydrogens (tertiary/aromatic N) is 2. The Morgan fingerprint density at radius 1 is 1.16 bits per heavy atom. The monoisotopic (exact) mass is 645 g/mol. The lowest BCUT2D eigenvalue weighted by Gasteiger charge is -2.18. The van der Waals surface area contributed by atoms with Gasteiger partial charge in [0.05, 0.1) is 52.3 Å². The second kappa shape index (κ2) is 11.5. The summed E-state index contributed by atoms with van der Waals surface area (Å²) in [5.74, 6) is 0.554. The fourth-order valence-corrected chi connectivity index (χ4v) is 7.22. The second-order valence-corrected chi connectivity index (χ2v) is 13.1. The highest BCUT2D eigenvalue weighted by molar-refractivity contribution is 7.22. The molecule has 0 bridgehead atoms. The molecule has 4 atom stereocenters. The number of aromatic carboxylic acids is 1. The summed E-state index contributed by atoms with van der Waals surface area (Å²) in [4.78, 5) is 16.4. The first-order chi connectivity index (χ1) is 20.8. The second-order valence-electron chi connectivity index (χ2n) is 11.3. The van der Waals surface area contributed by atoms with Gasteiger partial charge in [-0.25, -0.2) is 9.78 Å². The molecule has 43 heavy (non-hydrogen) atoms. The van der Waals surface area contributed by atoms with Crippen LogP contribution in [0.15, 0.2) is 34.9 Å². The Morgan fingerprint density at radius 3 is 2.65 bits per heavy atom. The van der Waals surface area contributed by atoms with E-state index in [1.54, 1.807) is 24.3 Å². The van der Waals surface area contributed by atoms with Crippen molar-refractivity contribution in [3.63, 3.8) is 0 Å². The van der Waals surface area contributed by atoms with Gasteiger partial charge in [0, 0.05) is 17.0 Å². The van der Waals surface area contributed by atoms with E-state index < -0.39 is 5.97 Å². The average molecular weight is 647 g/mol. The zero-order valence-corrected chi connectivity index (χ0v) is 25.7. The topological polar surface area (TPSA) is 125 Å². The van der Waals surface area contributed by atoms with Gasteiger partial charge in [0.2, 0.25) is 0 Å². The van der Waals surface area contributed by atoms with Crippen LogP contribution < -0.4 is 10.1 Å². The van der Waals surface area contributed by atoms with E-state index in [1.807, 2.05) is 13.8 Å². The number of benzene rings is 2. The molecule has 226 valence electrons. The number of rotatable bonds is 10. The highest BCUT2D eigenvalue weighted by atomic mass is 35.5. The summed E-state index contributed by atoms with van der Waals surface area (Å²) in [5, 5.41) is 19.0. The van der Waals surface area contributed by atoms with Gasteiger partial charge in [-0.2, -0.15) is 0 Å². The van der Waals surface area contributed by atoms with Gasteiger partial charge in [-0.15, -0.1) is 0 Å². The van der Waals surface area contributed by atoms with Crippen LogP contribution in [0.2, 0.25) is 10.0 Å². The number of hydrogen-bond donors (Lipinski definition) is 2. The standard InChI is InChI=1S/C30H29Cl2N3O7S/c1-13(2)41-20-8-15(29(36)37)9-22-25(20)34-30(43-22)33-19-11-39-28-21(12-40-27(19)28)38-10-16-24(35-42-26(16)14-6-7-14)23-17(31)4-3-5-18(23)32/h3-5,8-9,13-14,19,21,27-28H,6-7,10-12H2,1-2H3,(H,33,34)(H,36,37)/t19-,21-,27-,28-/m1/s1. The number of nitrogens with one attached hydrogen (secondary N) is 1. The van der Waals surface area contributed by atoms with E-state index in [1.165, 1.54) is 17.4 Å². The minimum Gasteiger partial charge on any atom is -0.489 e. The number of hydrogen-bond acceptors (Lipinski definition) is 10. The van der Waals surface area contributed by atoms with Crippen LogP contribution in [0, 0.1) is 0 Å². The van der Waals surface area contributed by atoms with Crippen molar-refractivity contribution in [3.05, 3.63) is 57.3 Å². The number of carboxylic acid groups (broad SMARTS) is 1. The molecule has 2 saturated heterocycles. The van der Waals surface area contributed by atoms with Gasteiger partial charge in [-0.05, 0) is 51.0 Å².